The minimum Gasteiger partial charge on any atom is -0.496 e. The number of hydrogen-bond acceptors (Lipinski definition) is 6. The molecular weight excluding hydrogens is 305 g/mol. The second kappa shape index (κ2) is 6.00. The highest BCUT2D eigenvalue weighted by Gasteiger charge is 2.34. The maximum absolute atomic E-state index is 13.0. The van der Waals surface area contributed by atoms with E-state index in [1.165, 1.54) is 30.6 Å². The molecule has 0 radical (unpaired) electrons. The molecule has 0 saturated heterocycles. The monoisotopic (exact) mass is 316 g/mol. The van der Waals surface area contributed by atoms with Gasteiger partial charge in [0.05, 0.1) is 18.9 Å². The highest BCUT2D eigenvalue weighted by Crippen LogP contribution is 2.35. The van der Waals surface area contributed by atoms with Crippen LogP contribution in [0.25, 0.3) is 0 Å². The summed E-state index contributed by atoms with van der Waals surface area (Å²) in [4.78, 5) is 3.87. The lowest BCUT2D eigenvalue weighted by molar-refractivity contribution is -0.137. The smallest absolute Gasteiger partial charge is 0.417 e. The van der Waals surface area contributed by atoms with E-state index in [-0.39, 0.29) is 11.3 Å². The lowest BCUT2D eigenvalue weighted by Gasteiger charge is -2.12. The van der Waals surface area contributed by atoms with Crippen molar-refractivity contribution in [2.75, 3.05) is 18.3 Å². The fraction of sp³-hybridized carbons (Fsp3) is 0.167. The van der Waals surface area contributed by atoms with Gasteiger partial charge in [-0.3, -0.25) is 5.43 Å². The first-order valence-electron chi connectivity index (χ1n) is 5.66. The Bertz CT molecular complexity index is 654. The molecule has 0 aliphatic carbocycles. The Balaban J connectivity index is 2.29. The van der Waals surface area contributed by atoms with Crippen molar-refractivity contribution < 1.29 is 17.9 Å². The largest absolute Gasteiger partial charge is 0.496 e. The zero-order chi connectivity index (χ0) is 15.5. The van der Waals surface area contributed by atoms with Crippen molar-refractivity contribution in [2.45, 2.75) is 6.18 Å². The van der Waals surface area contributed by atoms with Crippen molar-refractivity contribution in [3.63, 3.8) is 0 Å². The molecule has 0 amide bonds. The number of halogens is 3. The fourth-order valence-electron chi connectivity index (χ4n) is 1.59. The maximum atomic E-state index is 13.0. The van der Waals surface area contributed by atoms with Crippen LogP contribution in [0.4, 0.5) is 24.1 Å². The lowest BCUT2D eigenvalue weighted by atomic mass is 10.1. The second-order valence-electron chi connectivity index (χ2n) is 3.87. The minimum atomic E-state index is -4.50. The third-order valence-corrected chi connectivity index (χ3v) is 3.23. The average molecular weight is 316 g/mol. The van der Waals surface area contributed by atoms with Crippen LogP contribution in [-0.2, 0) is 6.18 Å². The Morgan fingerprint density at radius 2 is 2.19 bits per heavy atom. The maximum Gasteiger partial charge on any atom is 0.417 e. The van der Waals surface area contributed by atoms with Crippen molar-refractivity contribution in [2.24, 2.45) is 5.10 Å². The predicted molar refractivity (Wildman–Crippen MR) is 75.7 cm³/mol. The van der Waals surface area contributed by atoms with Gasteiger partial charge in [-0.2, -0.15) is 18.3 Å². The fourth-order valence-corrected chi connectivity index (χ4v) is 2.14. The molecule has 0 spiro atoms. The summed E-state index contributed by atoms with van der Waals surface area (Å²) in [6.45, 7) is 0. The Hall–Kier alpha value is -2.29. The number of hydrogen-bond donors (Lipinski definition) is 2. The summed E-state index contributed by atoms with van der Waals surface area (Å²) in [6.07, 6.45) is -3.46. The molecule has 9 heteroatoms. The molecule has 1 aromatic carbocycles. The molecule has 0 unspecified atom stereocenters. The Morgan fingerprint density at radius 1 is 1.43 bits per heavy atom. The van der Waals surface area contributed by atoms with Gasteiger partial charge in [0.15, 0.2) is 0 Å². The number of methoxy groups -OCH3 is 1. The van der Waals surface area contributed by atoms with Gasteiger partial charge in [0, 0.05) is 10.9 Å². The number of rotatable bonds is 4. The quantitative estimate of drug-likeness (QED) is 0.671. The van der Waals surface area contributed by atoms with Gasteiger partial charge < -0.3 is 10.5 Å². The van der Waals surface area contributed by atoms with E-state index in [1.54, 1.807) is 5.38 Å². The van der Waals surface area contributed by atoms with Crippen LogP contribution in [-0.4, -0.2) is 18.3 Å². The summed E-state index contributed by atoms with van der Waals surface area (Å²) in [5.74, 6) is 0.389. The van der Waals surface area contributed by atoms with E-state index < -0.39 is 11.7 Å². The number of nitrogen functional groups attached to an aromatic ring is 1. The van der Waals surface area contributed by atoms with E-state index >= 15 is 0 Å². The van der Waals surface area contributed by atoms with E-state index in [1.807, 2.05) is 0 Å². The van der Waals surface area contributed by atoms with Crippen LogP contribution in [0.15, 0.2) is 28.7 Å². The summed E-state index contributed by atoms with van der Waals surface area (Å²) >= 11 is 1.19. The summed E-state index contributed by atoms with van der Waals surface area (Å²) in [5.41, 5.74) is 6.95. The number of aromatic nitrogens is 1. The van der Waals surface area contributed by atoms with Crippen molar-refractivity contribution >= 4 is 28.5 Å². The third kappa shape index (κ3) is 3.63. The molecule has 1 aromatic heterocycles. The lowest BCUT2D eigenvalue weighted by Crippen LogP contribution is -2.10. The SMILES string of the molecule is COc1cccc(C(F)(F)F)c1C=NNc1nc(N)cs1. The van der Waals surface area contributed by atoms with Crippen LogP contribution in [0.5, 0.6) is 5.75 Å². The highest BCUT2D eigenvalue weighted by molar-refractivity contribution is 7.14. The zero-order valence-electron chi connectivity index (χ0n) is 10.8. The Labute approximate surface area is 122 Å². The molecule has 21 heavy (non-hydrogen) atoms. The number of anilines is 2. The molecule has 112 valence electrons. The molecule has 0 aliphatic heterocycles. The van der Waals surface area contributed by atoms with Crippen molar-refractivity contribution in [1.82, 2.24) is 4.98 Å². The normalized spacial score (nSPS) is 11.8. The van der Waals surface area contributed by atoms with Gasteiger partial charge >= 0.3 is 6.18 Å². The summed E-state index contributed by atoms with van der Waals surface area (Å²) < 4.78 is 43.8. The molecule has 2 aromatic rings. The van der Waals surface area contributed by atoms with Crippen LogP contribution in [0.1, 0.15) is 11.1 Å². The topological polar surface area (TPSA) is 72.5 Å². The number of nitrogens with two attached hydrogens (primary N) is 1. The van der Waals surface area contributed by atoms with Gasteiger partial charge in [0.1, 0.15) is 11.6 Å². The molecule has 2 rings (SSSR count). The van der Waals surface area contributed by atoms with Crippen LogP contribution in [0.2, 0.25) is 0 Å². The molecule has 0 saturated carbocycles. The van der Waals surface area contributed by atoms with Crippen molar-refractivity contribution in [1.29, 1.82) is 0 Å². The van der Waals surface area contributed by atoms with Gasteiger partial charge in [0.25, 0.3) is 0 Å². The highest BCUT2D eigenvalue weighted by atomic mass is 32.1. The summed E-state index contributed by atoms with van der Waals surface area (Å²) in [5, 5.41) is 5.71. The van der Waals surface area contributed by atoms with E-state index in [4.69, 9.17) is 10.5 Å². The summed E-state index contributed by atoms with van der Waals surface area (Å²) in [6, 6.07) is 3.66. The number of alkyl halides is 3. The van der Waals surface area contributed by atoms with Crippen LogP contribution >= 0.6 is 11.3 Å². The Morgan fingerprint density at radius 3 is 2.76 bits per heavy atom. The number of nitrogens with one attached hydrogen (secondary N) is 1. The molecule has 0 aliphatic rings. The summed E-state index contributed by atoms with van der Waals surface area (Å²) in [7, 11) is 1.29. The van der Waals surface area contributed by atoms with Crippen molar-refractivity contribution in [3.8, 4) is 5.75 Å². The first-order chi connectivity index (χ1) is 9.91. The second-order valence-corrected chi connectivity index (χ2v) is 4.72. The molecule has 0 atom stereocenters. The molecule has 0 bridgehead atoms. The van der Waals surface area contributed by atoms with E-state index in [0.29, 0.717) is 10.9 Å². The van der Waals surface area contributed by atoms with Gasteiger partial charge in [-0.15, -0.1) is 11.3 Å². The van der Waals surface area contributed by atoms with E-state index in [0.717, 1.165) is 12.3 Å². The van der Waals surface area contributed by atoms with Gasteiger partial charge in [-0.25, -0.2) is 4.98 Å². The number of thiazole rings is 1. The molecule has 5 nitrogen and oxygen atoms in total. The third-order valence-electron chi connectivity index (χ3n) is 2.47. The van der Waals surface area contributed by atoms with Gasteiger partial charge in [-0.1, -0.05) is 6.07 Å². The zero-order valence-corrected chi connectivity index (χ0v) is 11.6. The molecule has 1 heterocycles. The van der Waals surface area contributed by atoms with Crippen LogP contribution in [0, 0.1) is 0 Å². The molecular formula is C12H11F3N4OS. The van der Waals surface area contributed by atoms with Gasteiger partial charge in [0.2, 0.25) is 5.13 Å². The molecule has 3 N–H and O–H groups in total. The number of nitrogens with zero attached hydrogens (tertiary/aromatic N) is 2. The number of ether oxygens (including phenoxy) is 1. The van der Waals surface area contributed by atoms with Gasteiger partial charge in [-0.05, 0) is 12.1 Å². The Kier molecular flexibility index (Phi) is 4.32. The average Bonchev–Trinajstić information content (AvgIpc) is 2.83. The molecule has 0 fully saturated rings. The predicted octanol–water partition coefficient (Wildman–Crippen LogP) is 3.20. The van der Waals surface area contributed by atoms with Crippen LogP contribution in [0.3, 0.4) is 0 Å². The minimum absolute atomic E-state index is 0.0778. The first kappa shape index (κ1) is 15.1. The first-order valence-corrected chi connectivity index (χ1v) is 6.54. The van der Waals surface area contributed by atoms with E-state index in [9.17, 15) is 13.2 Å². The number of hydrazone groups is 1. The standard InChI is InChI=1S/C12H11F3N4OS/c1-20-9-4-2-3-8(12(13,14)15)7(9)5-17-19-11-18-10(16)6-21-11/h2-6H,16H2,1H3,(H,18,19). The van der Waals surface area contributed by atoms with E-state index in [2.05, 4.69) is 15.5 Å². The number of benzene rings is 1. The van der Waals surface area contributed by atoms with Crippen LogP contribution < -0.4 is 15.9 Å². The van der Waals surface area contributed by atoms with Crippen molar-refractivity contribution in [3.05, 3.63) is 34.7 Å².